The number of rotatable bonds is 3. The third-order valence-electron chi connectivity index (χ3n) is 4.36. The maximum Gasteiger partial charge on any atom is 0.198 e. The Labute approximate surface area is 144 Å². The van der Waals surface area contributed by atoms with Crippen molar-refractivity contribution < 1.29 is 0 Å². The van der Waals surface area contributed by atoms with Crippen LogP contribution in [0.25, 0.3) is 0 Å². The van der Waals surface area contributed by atoms with E-state index in [0.717, 1.165) is 37.8 Å². The van der Waals surface area contributed by atoms with Gasteiger partial charge < -0.3 is 15.1 Å². The van der Waals surface area contributed by atoms with Gasteiger partial charge in [-0.15, -0.1) is 0 Å². The van der Waals surface area contributed by atoms with Crippen LogP contribution in [0, 0.1) is 6.92 Å². The highest BCUT2D eigenvalue weighted by Gasteiger charge is 2.17. The number of nitrogens with one attached hydrogen (secondary N) is 1. The lowest BCUT2D eigenvalue weighted by Gasteiger charge is -2.34. The van der Waals surface area contributed by atoms with Crippen LogP contribution in [0.1, 0.15) is 11.1 Å². The van der Waals surface area contributed by atoms with Crippen LogP contribution < -0.4 is 5.32 Å². The maximum absolute atomic E-state index is 4.88. The highest BCUT2D eigenvalue weighted by Crippen LogP contribution is 2.11. The van der Waals surface area contributed by atoms with Crippen LogP contribution in [0.4, 0.5) is 5.69 Å². The number of nitrogens with zero attached hydrogens (tertiary/aromatic N) is 3. The van der Waals surface area contributed by atoms with Crippen molar-refractivity contribution in [2.45, 2.75) is 13.5 Å². The van der Waals surface area contributed by atoms with Crippen LogP contribution in [-0.4, -0.2) is 49.0 Å². The molecule has 24 heavy (non-hydrogen) atoms. The highest BCUT2D eigenvalue weighted by molar-refractivity contribution is 5.93. The van der Waals surface area contributed by atoms with Gasteiger partial charge in [0.05, 0.1) is 6.54 Å². The van der Waals surface area contributed by atoms with Crippen molar-refractivity contribution in [3.8, 4) is 0 Å². The fourth-order valence-corrected chi connectivity index (χ4v) is 2.75. The summed E-state index contributed by atoms with van der Waals surface area (Å²) >= 11 is 0. The minimum absolute atomic E-state index is 0.696. The number of benzene rings is 2. The summed E-state index contributed by atoms with van der Waals surface area (Å²) in [5.41, 5.74) is 3.60. The van der Waals surface area contributed by atoms with Gasteiger partial charge in [0.1, 0.15) is 0 Å². The summed E-state index contributed by atoms with van der Waals surface area (Å²) in [5.74, 6) is 0.967. The second kappa shape index (κ2) is 7.97. The predicted molar refractivity (Wildman–Crippen MR) is 101 cm³/mol. The van der Waals surface area contributed by atoms with Gasteiger partial charge in [0.25, 0.3) is 0 Å². The summed E-state index contributed by atoms with van der Waals surface area (Å²) in [4.78, 5) is 9.59. The van der Waals surface area contributed by atoms with Crippen molar-refractivity contribution in [1.29, 1.82) is 0 Å². The molecule has 0 aromatic heterocycles. The summed E-state index contributed by atoms with van der Waals surface area (Å²) < 4.78 is 0. The van der Waals surface area contributed by atoms with E-state index in [4.69, 9.17) is 4.99 Å². The van der Waals surface area contributed by atoms with Crippen LogP contribution in [0.15, 0.2) is 59.6 Å². The Bertz CT molecular complexity index is 656. The molecular formula is C20H26N4. The summed E-state index contributed by atoms with van der Waals surface area (Å²) in [6, 6.07) is 18.9. The van der Waals surface area contributed by atoms with Crippen molar-refractivity contribution in [3.05, 3.63) is 65.7 Å². The quantitative estimate of drug-likeness (QED) is 0.695. The number of likely N-dealkylation sites (N-methyl/N-ethyl adjacent to an activating group) is 1. The average Bonchev–Trinajstić information content (AvgIpc) is 2.62. The second-order valence-corrected chi connectivity index (χ2v) is 6.41. The molecule has 1 saturated heterocycles. The molecule has 0 bridgehead atoms. The Morgan fingerprint density at radius 2 is 1.62 bits per heavy atom. The molecule has 0 unspecified atom stereocenters. The summed E-state index contributed by atoms with van der Waals surface area (Å²) in [6.07, 6.45) is 0. The van der Waals surface area contributed by atoms with Crippen molar-refractivity contribution >= 4 is 11.6 Å². The zero-order valence-electron chi connectivity index (χ0n) is 14.6. The minimum Gasteiger partial charge on any atom is -0.340 e. The fourth-order valence-electron chi connectivity index (χ4n) is 2.75. The zero-order chi connectivity index (χ0) is 16.8. The Hall–Kier alpha value is -2.33. The molecule has 0 saturated carbocycles. The van der Waals surface area contributed by atoms with Crippen molar-refractivity contribution in [1.82, 2.24) is 9.80 Å². The van der Waals surface area contributed by atoms with Crippen LogP contribution >= 0.6 is 0 Å². The first-order valence-electron chi connectivity index (χ1n) is 8.56. The lowest BCUT2D eigenvalue weighted by Crippen LogP contribution is -2.49. The molecule has 4 nitrogen and oxygen atoms in total. The van der Waals surface area contributed by atoms with Gasteiger partial charge in [0.15, 0.2) is 5.96 Å². The second-order valence-electron chi connectivity index (χ2n) is 6.41. The molecule has 3 rings (SSSR count). The van der Waals surface area contributed by atoms with Gasteiger partial charge in [0.2, 0.25) is 0 Å². The number of piperazine rings is 1. The smallest absolute Gasteiger partial charge is 0.198 e. The molecule has 0 atom stereocenters. The summed E-state index contributed by atoms with van der Waals surface area (Å²) in [5, 5.41) is 3.50. The van der Waals surface area contributed by atoms with Gasteiger partial charge in [-0.05, 0) is 31.7 Å². The molecule has 1 fully saturated rings. The molecule has 4 heteroatoms. The molecule has 0 amide bonds. The van der Waals surface area contributed by atoms with E-state index in [1.165, 1.54) is 11.1 Å². The van der Waals surface area contributed by atoms with E-state index in [1.807, 2.05) is 18.2 Å². The molecule has 1 aliphatic rings. The third kappa shape index (κ3) is 4.59. The number of anilines is 1. The first-order valence-corrected chi connectivity index (χ1v) is 8.56. The van der Waals surface area contributed by atoms with E-state index in [9.17, 15) is 0 Å². The Balaban J connectivity index is 1.75. The highest BCUT2D eigenvalue weighted by atomic mass is 15.3. The van der Waals surface area contributed by atoms with Gasteiger partial charge in [0, 0.05) is 31.9 Å². The monoisotopic (exact) mass is 322 g/mol. The van der Waals surface area contributed by atoms with Crippen LogP contribution in [0.2, 0.25) is 0 Å². The standard InChI is InChI=1S/C20H26N4/c1-17-8-10-18(11-9-17)16-21-20(22-19-6-4-3-5-7-19)24-14-12-23(2)13-15-24/h3-11H,12-16H2,1-2H3,(H,21,22). The number of hydrogen-bond donors (Lipinski definition) is 1. The van der Waals surface area contributed by atoms with Crippen molar-refractivity contribution in [2.75, 3.05) is 38.5 Å². The number of aliphatic imine (C=N–C) groups is 1. The first-order chi connectivity index (χ1) is 11.7. The number of para-hydroxylation sites is 1. The topological polar surface area (TPSA) is 30.9 Å². The number of hydrogen-bond acceptors (Lipinski definition) is 2. The molecule has 0 aliphatic carbocycles. The zero-order valence-corrected chi connectivity index (χ0v) is 14.6. The molecule has 126 valence electrons. The molecule has 2 aromatic carbocycles. The Morgan fingerprint density at radius 3 is 2.29 bits per heavy atom. The molecule has 0 spiro atoms. The van der Waals surface area contributed by atoms with Crippen LogP contribution in [0.3, 0.4) is 0 Å². The predicted octanol–water partition coefficient (Wildman–Crippen LogP) is 3.21. The fraction of sp³-hybridized carbons (Fsp3) is 0.350. The first kappa shape index (κ1) is 16.5. The van der Waals surface area contributed by atoms with E-state index in [1.54, 1.807) is 0 Å². The molecular weight excluding hydrogens is 296 g/mol. The number of guanidine groups is 1. The molecule has 1 N–H and O–H groups in total. The molecule has 1 aliphatic heterocycles. The van der Waals surface area contributed by atoms with Crippen molar-refractivity contribution in [2.24, 2.45) is 4.99 Å². The lowest BCUT2D eigenvalue weighted by molar-refractivity contribution is 0.215. The van der Waals surface area contributed by atoms with E-state index in [2.05, 4.69) is 65.5 Å². The SMILES string of the molecule is Cc1ccc(CN=C(Nc2ccccc2)N2CCN(C)CC2)cc1. The van der Waals surface area contributed by atoms with Gasteiger partial charge in [-0.25, -0.2) is 4.99 Å². The molecule has 0 radical (unpaired) electrons. The van der Waals surface area contributed by atoms with Crippen LogP contribution in [-0.2, 0) is 6.54 Å². The minimum atomic E-state index is 0.696. The van der Waals surface area contributed by atoms with Gasteiger partial charge in [-0.2, -0.15) is 0 Å². The van der Waals surface area contributed by atoms with Gasteiger partial charge >= 0.3 is 0 Å². The summed E-state index contributed by atoms with van der Waals surface area (Å²) in [7, 11) is 2.17. The largest absolute Gasteiger partial charge is 0.340 e. The van der Waals surface area contributed by atoms with E-state index >= 15 is 0 Å². The lowest BCUT2D eigenvalue weighted by atomic mass is 10.1. The Morgan fingerprint density at radius 1 is 0.958 bits per heavy atom. The third-order valence-corrected chi connectivity index (χ3v) is 4.36. The average molecular weight is 322 g/mol. The summed E-state index contributed by atoms with van der Waals surface area (Å²) in [6.45, 7) is 6.95. The Kier molecular flexibility index (Phi) is 5.49. The molecule has 2 aromatic rings. The maximum atomic E-state index is 4.88. The normalized spacial score (nSPS) is 16.2. The van der Waals surface area contributed by atoms with E-state index in [0.29, 0.717) is 6.54 Å². The number of aryl methyl sites for hydroxylation is 1. The van der Waals surface area contributed by atoms with Crippen LogP contribution in [0.5, 0.6) is 0 Å². The van der Waals surface area contributed by atoms with Gasteiger partial charge in [-0.1, -0.05) is 48.0 Å². The van der Waals surface area contributed by atoms with E-state index < -0.39 is 0 Å². The van der Waals surface area contributed by atoms with E-state index in [-0.39, 0.29) is 0 Å². The van der Waals surface area contributed by atoms with Crippen molar-refractivity contribution in [3.63, 3.8) is 0 Å². The molecule has 1 heterocycles. The van der Waals surface area contributed by atoms with Gasteiger partial charge in [-0.3, -0.25) is 0 Å².